The summed E-state index contributed by atoms with van der Waals surface area (Å²) < 4.78 is 0. The summed E-state index contributed by atoms with van der Waals surface area (Å²) in [4.78, 5) is 24.8. The number of hydrogen-bond donors (Lipinski definition) is 0. The van der Waals surface area contributed by atoms with Crippen molar-refractivity contribution in [2.75, 3.05) is 4.90 Å². The van der Waals surface area contributed by atoms with Crippen molar-refractivity contribution in [2.45, 2.75) is 45.9 Å². The SMILES string of the molecule is CC(=O)N1c2ccccc2[C@@]2(C(C)(C)C)OO[C@@]12C. The number of nitrogens with zero attached hydrogens (tertiary/aromatic N) is 1. The second kappa shape index (κ2) is 3.38. The zero-order valence-electron chi connectivity index (χ0n) is 12.0. The minimum absolute atomic E-state index is 0.0376. The van der Waals surface area contributed by atoms with Gasteiger partial charge < -0.3 is 0 Å². The highest BCUT2D eigenvalue weighted by atomic mass is 17.3. The quantitative estimate of drug-likeness (QED) is 0.674. The van der Waals surface area contributed by atoms with E-state index < -0.39 is 11.3 Å². The number of amides is 1. The van der Waals surface area contributed by atoms with Crippen LogP contribution in [0, 0.1) is 5.41 Å². The summed E-state index contributed by atoms with van der Waals surface area (Å²) in [5, 5.41) is 0. The van der Waals surface area contributed by atoms with Crippen LogP contribution in [0.4, 0.5) is 5.69 Å². The lowest BCUT2D eigenvalue weighted by Crippen LogP contribution is -2.72. The molecular weight excluding hydrogens is 242 g/mol. The van der Waals surface area contributed by atoms with Crippen LogP contribution >= 0.6 is 0 Å². The fraction of sp³-hybridized carbons (Fsp3) is 0.533. The first-order valence-corrected chi connectivity index (χ1v) is 6.53. The largest absolute Gasteiger partial charge is 0.277 e. The van der Waals surface area contributed by atoms with Gasteiger partial charge in [-0.1, -0.05) is 39.0 Å². The molecule has 0 saturated carbocycles. The summed E-state index contributed by atoms with van der Waals surface area (Å²) in [6, 6.07) is 7.86. The molecular formula is C15H19NO3. The molecule has 0 aliphatic carbocycles. The van der Waals surface area contributed by atoms with E-state index in [0.717, 1.165) is 11.3 Å². The van der Waals surface area contributed by atoms with Gasteiger partial charge in [0.1, 0.15) is 0 Å². The van der Waals surface area contributed by atoms with Crippen molar-refractivity contribution >= 4 is 11.6 Å². The van der Waals surface area contributed by atoms with Crippen LogP contribution in [-0.2, 0) is 20.2 Å². The van der Waals surface area contributed by atoms with Gasteiger partial charge >= 0.3 is 0 Å². The molecule has 1 aromatic rings. The molecule has 1 saturated heterocycles. The Morgan fingerprint density at radius 3 is 2.32 bits per heavy atom. The fourth-order valence-corrected chi connectivity index (χ4v) is 3.63. The molecule has 0 unspecified atom stereocenters. The maximum atomic E-state index is 12.1. The Labute approximate surface area is 113 Å². The molecule has 4 nitrogen and oxygen atoms in total. The molecule has 2 aliphatic rings. The van der Waals surface area contributed by atoms with Gasteiger partial charge in [0.05, 0.1) is 5.69 Å². The standard InChI is InChI=1S/C15H19NO3/c1-10(17)16-12-9-7-6-8-11(12)15(13(2,3)4)14(16,5)18-19-15/h6-9H,1-5H3/t14-,15+/m1/s1. The number of hydrogen-bond acceptors (Lipinski definition) is 3. The van der Waals surface area contributed by atoms with Gasteiger partial charge in [0.15, 0.2) is 5.60 Å². The highest BCUT2D eigenvalue weighted by molar-refractivity contribution is 5.96. The van der Waals surface area contributed by atoms with Crippen LogP contribution in [0.3, 0.4) is 0 Å². The number of para-hydroxylation sites is 1. The molecule has 102 valence electrons. The van der Waals surface area contributed by atoms with Gasteiger partial charge in [0, 0.05) is 17.9 Å². The summed E-state index contributed by atoms with van der Waals surface area (Å²) in [7, 11) is 0. The lowest BCUT2D eigenvalue weighted by molar-refractivity contribution is -0.570. The third kappa shape index (κ3) is 1.19. The van der Waals surface area contributed by atoms with Crippen LogP contribution in [-0.4, -0.2) is 11.6 Å². The lowest BCUT2D eigenvalue weighted by atomic mass is 9.67. The molecule has 1 aromatic carbocycles. The fourth-order valence-electron chi connectivity index (χ4n) is 3.63. The van der Waals surface area contributed by atoms with E-state index in [9.17, 15) is 4.79 Å². The van der Waals surface area contributed by atoms with E-state index in [1.54, 1.807) is 11.8 Å². The number of carbonyl (C=O) groups excluding carboxylic acids is 1. The molecule has 0 spiro atoms. The van der Waals surface area contributed by atoms with E-state index in [0.29, 0.717) is 0 Å². The molecule has 4 heteroatoms. The Bertz CT molecular complexity index is 563. The Morgan fingerprint density at radius 1 is 1.21 bits per heavy atom. The summed E-state index contributed by atoms with van der Waals surface area (Å²) in [5.74, 6) is -0.0376. The van der Waals surface area contributed by atoms with Gasteiger partial charge in [0.25, 0.3) is 0 Å². The minimum Gasteiger partial charge on any atom is -0.277 e. The first kappa shape index (κ1) is 12.6. The summed E-state index contributed by atoms with van der Waals surface area (Å²) in [6.45, 7) is 9.79. The summed E-state index contributed by atoms with van der Waals surface area (Å²) in [6.07, 6.45) is 0. The van der Waals surface area contributed by atoms with Crippen molar-refractivity contribution in [3.8, 4) is 0 Å². The summed E-state index contributed by atoms with van der Waals surface area (Å²) >= 11 is 0. The van der Waals surface area contributed by atoms with Crippen molar-refractivity contribution in [3.05, 3.63) is 29.8 Å². The molecule has 2 aliphatic heterocycles. The second-order valence-corrected chi connectivity index (χ2v) is 6.45. The van der Waals surface area contributed by atoms with E-state index in [2.05, 4.69) is 20.8 Å². The molecule has 19 heavy (non-hydrogen) atoms. The van der Waals surface area contributed by atoms with Crippen molar-refractivity contribution in [1.82, 2.24) is 0 Å². The van der Waals surface area contributed by atoms with Crippen LogP contribution in [0.15, 0.2) is 24.3 Å². The van der Waals surface area contributed by atoms with Gasteiger partial charge in [-0.15, -0.1) is 0 Å². The van der Waals surface area contributed by atoms with Crippen molar-refractivity contribution < 1.29 is 14.6 Å². The third-order valence-electron chi connectivity index (χ3n) is 4.30. The van der Waals surface area contributed by atoms with Crippen molar-refractivity contribution in [3.63, 3.8) is 0 Å². The Morgan fingerprint density at radius 2 is 1.84 bits per heavy atom. The van der Waals surface area contributed by atoms with Gasteiger partial charge in [-0.25, -0.2) is 9.78 Å². The van der Waals surface area contributed by atoms with E-state index in [-0.39, 0.29) is 11.3 Å². The number of anilines is 1. The Hall–Kier alpha value is -1.39. The van der Waals surface area contributed by atoms with Gasteiger partial charge in [-0.05, 0) is 13.0 Å². The molecule has 0 aromatic heterocycles. The van der Waals surface area contributed by atoms with Crippen LogP contribution in [0.25, 0.3) is 0 Å². The Balaban J connectivity index is 2.31. The van der Waals surface area contributed by atoms with Gasteiger partial charge in [-0.2, -0.15) is 0 Å². The number of rotatable bonds is 0. The highest BCUT2D eigenvalue weighted by Gasteiger charge is 2.76. The van der Waals surface area contributed by atoms with Crippen molar-refractivity contribution in [1.29, 1.82) is 0 Å². The molecule has 0 bridgehead atoms. The minimum atomic E-state index is -0.777. The maximum Gasteiger partial charge on any atom is 0.226 e. The van der Waals surface area contributed by atoms with Crippen LogP contribution in [0.2, 0.25) is 0 Å². The zero-order chi connectivity index (χ0) is 14.1. The van der Waals surface area contributed by atoms with E-state index >= 15 is 0 Å². The van der Waals surface area contributed by atoms with Gasteiger partial charge in [0.2, 0.25) is 11.6 Å². The highest BCUT2D eigenvalue weighted by Crippen LogP contribution is 2.66. The van der Waals surface area contributed by atoms with Crippen LogP contribution in [0.5, 0.6) is 0 Å². The predicted octanol–water partition coefficient (Wildman–Crippen LogP) is 2.97. The van der Waals surface area contributed by atoms with Crippen LogP contribution in [0.1, 0.15) is 40.2 Å². The van der Waals surface area contributed by atoms with Crippen LogP contribution < -0.4 is 4.90 Å². The predicted molar refractivity (Wildman–Crippen MR) is 71.3 cm³/mol. The third-order valence-corrected chi connectivity index (χ3v) is 4.30. The van der Waals surface area contributed by atoms with E-state index in [1.807, 2.05) is 31.2 Å². The molecule has 0 N–H and O–H groups in total. The second-order valence-electron chi connectivity index (χ2n) is 6.45. The smallest absolute Gasteiger partial charge is 0.226 e. The number of carbonyl (C=O) groups is 1. The van der Waals surface area contributed by atoms with Crippen molar-refractivity contribution in [2.24, 2.45) is 5.41 Å². The normalized spacial score (nSPS) is 32.6. The number of fused-ring (bicyclic) bond motifs is 3. The molecule has 2 heterocycles. The average molecular weight is 261 g/mol. The number of benzene rings is 1. The van der Waals surface area contributed by atoms with E-state index in [4.69, 9.17) is 9.78 Å². The molecule has 2 atom stereocenters. The monoisotopic (exact) mass is 261 g/mol. The molecule has 1 amide bonds. The maximum absolute atomic E-state index is 12.1. The summed E-state index contributed by atoms with van der Waals surface area (Å²) in [5.41, 5.74) is 0.306. The van der Waals surface area contributed by atoms with E-state index in [1.165, 1.54) is 0 Å². The first-order valence-electron chi connectivity index (χ1n) is 6.53. The Kier molecular flexibility index (Phi) is 2.25. The first-order chi connectivity index (χ1) is 8.76. The molecule has 1 fully saturated rings. The average Bonchev–Trinajstić information content (AvgIpc) is 2.42. The topological polar surface area (TPSA) is 38.8 Å². The van der Waals surface area contributed by atoms with Gasteiger partial charge in [-0.3, -0.25) is 9.69 Å². The molecule has 0 radical (unpaired) electrons. The molecule has 3 rings (SSSR count). The zero-order valence-corrected chi connectivity index (χ0v) is 12.0. The lowest BCUT2D eigenvalue weighted by Gasteiger charge is -2.58.